The number of hydrogen-bond donors (Lipinski definition) is 1. The van der Waals surface area contributed by atoms with Gasteiger partial charge in [0.2, 0.25) is 0 Å². The van der Waals surface area contributed by atoms with Gasteiger partial charge >= 0.3 is 0 Å². The van der Waals surface area contributed by atoms with E-state index in [0.29, 0.717) is 17.1 Å². The van der Waals surface area contributed by atoms with Crippen LogP contribution >= 0.6 is 0 Å². The van der Waals surface area contributed by atoms with Crippen molar-refractivity contribution < 1.29 is 8.42 Å². The monoisotopic (exact) mass is 287 g/mol. The largest absolute Gasteiger partial charge is 0.316 e. The Morgan fingerprint density at radius 1 is 1.26 bits per heavy atom. The van der Waals surface area contributed by atoms with E-state index in [1.54, 1.807) is 0 Å². The first-order chi connectivity index (χ1) is 8.80. The molecule has 112 valence electrons. The zero-order valence-corrected chi connectivity index (χ0v) is 13.4. The number of hydrogen-bond acceptors (Lipinski definition) is 3. The Morgan fingerprint density at radius 3 is 2.42 bits per heavy atom. The van der Waals surface area contributed by atoms with Crippen LogP contribution in [0.5, 0.6) is 0 Å². The zero-order valence-electron chi connectivity index (χ0n) is 12.6. The van der Waals surface area contributed by atoms with E-state index >= 15 is 0 Å². The third-order valence-corrected chi connectivity index (χ3v) is 5.76. The second-order valence-corrected chi connectivity index (χ2v) is 9.68. The van der Waals surface area contributed by atoms with Crippen LogP contribution in [0.4, 0.5) is 0 Å². The maximum Gasteiger partial charge on any atom is 0.147 e. The molecule has 2 aliphatic carbocycles. The molecule has 0 aromatic heterocycles. The molecule has 2 aliphatic rings. The molecule has 0 aromatic rings. The number of rotatable bonds is 8. The summed E-state index contributed by atoms with van der Waals surface area (Å²) in [5.41, 5.74) is 0.396. The molecule has 19 heavy (non-hydrogen) atoms. The third-order valence-electron chi connectivity index (χ3n) is 4.73. The molecular formula is C15H29NO2S. The molecule has 1 N–H and O–H groups in total. The summed E-state index contributed by atoms with van der Waals surface area (Å²) in [7, 11) is -2.80. The second-order valence-electron chi connectivity index (χ2n) is 7.42. The summed E-state index contributed by atoms with van der Waals surface area (Å²) in [5.74, 6) is 2.95. The Labute approximate surface area is 118 Å². The van der Waals surface area contributed by atoms with Gasteiger partial charge < -0.3 is 5.32 Å². The van der Waals surface area contributed by atoms with Crippen molar-refractivity contribution >= 4 is 9.84 Å². The lowest BCUT2D eigenvalue weighted by Crippen LogP contribution is -2.35. The normalized spacial score (nSPS) is 33.7. The molecule has 2 unspecified atom stereocenters. The molecule has 2 rings (SSSR count). The molecule has 0 saturated heterocycles. The van der Waals surface area contributed by atoms with E-state index in [0.717, 1.165) is 37.8 Å². The maximum absolute atomic E-state index is 11.3. The molecule has 0 radical (unpaired) electrons. The summed E-state index contributed by atoms with van der Waals surface area (Å²) in [6.07, 6.45) is 7.35. The summed E-state index contributed by atoms with van der Waals surface area (Å²) in [6.45, 7) is 6.62. The highest BCUT2D eigenvalue weighted by atomic mass is 32.2. The van der Waals surface area contributed by atoms with Crippen LogP contribution in [-0.2, 0) is 9.84 Å². The molecule has 2 fully saturated rings. The number of fused-ring (bicyclic) bond motifs is 1. The van der Waals surface area contributed by atoms with Crippen molar-refractivity contribution in [1.29, 1.82) is 0 Å². The Kier molecular flexibility index (Phi) is 4.61. The molecular weight excluding hydrogens is 258 g/mol. The predicted octanol–water partition coefficient (Wildman–Crippen LogP) is 2.47. The van der Waals surface area contributed by atoms with E-state index in [4.69, 9.17) is 0 Å². The Morgan fingerprint density at radius 2 is 1.89 bits per heavy atom. The van der Waals surface area contributed by atoms with Gasteiger partial charge in [0.1, 0.15) is 9.84 Å². The van der Waals surface area contributed by atoms with E-state index in [9.17, 15) is 8.42 Å². The van der Waals surface area contributed by atoms with Crippen molar-refractivity contribution in [2.75, 3.05) is 25.1 Å². The highest BCUT2D eigenvalue weighted by Gasteiger charge is 2.52. The molecule has 0 bridgehead atoms. The van der Waals surface area contributed by atoms with Crippen molar-refractivity contribution in [3.8, 4) is 0 Å². The standard InChI is InChI=1S/C15H29NO2S/c1-12(2)10-16-11-15(5-4-6-19(3,17)18)8-13-7-14(13)9-15/h12-14,16H,4-11H2,1-3H3. The average molecular weight is 287 g/mol. The quantitative estimate of drug-likeness (QED) is 0.746. The number of nitrogens with one attached hydrogen (secondary N) is 1. The molecule has 0 spiro atoms. The maximum atomic E-state index is 11.3. The van der Waals surface area contributed by atoms with Gasteiger partial charge in [0.25, 0.3) is 0 Å². The van der Waals surface area contributed by atoms with Gasteiger partial charge in [0.15, 0.2) is 0 Å². The van der Waals surface area contributed by atoms with Crippen LogP contribution in [0.2, 0.25) is 0 Å². The summed E-state index contributed by atoms with van der Waals surface area (Å²) < 4.78 is 22.5. The number of sulfone groups is 1. The lowest BCUT2D eigenvalue weighted by Gasteiger charge is -2.32. The van der Waals surface area contributed by atoms with E-state index in [2.05, 4.69) is 19.2 Å². The van der Waals surface area contributed by atoms with Gasteiger partial charge in [-0.1, -0.05) is 13.8 Å². The van der Waals surface area contributed by atoms with Crippen molar-refractivity contribution in [2.24, 2.45) is 23.2 Å². The molecule has 4 heteroatoms. The van der Waals surface area contributed by atoms with Crippen molar-refractivity contribution in [3.05, 3.63) is 0 Å². The molecule has 0 heterocycles. The fourth-order valence-electron chi connectivity index (χ4n) is 3.78. The molecule has 0 aromatic carbocycles. The lowest BCUT2D eigenvalue weighted by molar-refractivity contribution is 0.225. The summed E-state index contributed by atoms with van der Waals surface area (Å²) in [4.78, 5) is 0. The van der Waals surface area contributed by atoms with E-state index < -0.39 is 9.84 Å². The highest BCUT2D eigenvalue weighted by Crippen LogP contribution is 2.61. The Balaban J connectivity index is 1.81. The molecule has 2 saturated carbocycles. The van der Waals surface area contributed by atoms with E-state index in [1.807, 2.05) is 0 Å². The summed E-state index contributed by atoms with van der Waals surface area (Å²) in [6, 6.07) is 0. The molecule has 2 atom stereocenters. The van der Waals surface area contributed by atoms with Crippen molar-refractivity contribution in [2.45, 2.75) is 46.0 Å². The van der Waals surface area contributed by atoms with Gasteiger partial charge in [-0.05, 0) is 61.8 Å². The summed E-state index contributed by atoms with van der Waals surface area (Å²) in [5, 5.41) is 3.61. The van der Waals surface area contributed by atoms with Gasteiger partial charge in [-0.2, -0.15) is 0 Å². The van der Waals surface area contributed by atoms with Crippen LogP contribution in [0.25, 0.3) is 0 Å². The fourth-order valence-corrected chi connectivity index (χ4v) is 4.45. The first kappa shape index (κ1) is 15.3. The van der Waals surface area contributed by atoms with Crippen LogP contribution in [0.1, 0.15) is 46.0 Å². The fraction of sp³-hybridized carbons (Fsp3) is 1.00. The summed E-state index contributed by atoms with van der Waals surface area (Å²) >= 11 is 0. The second kappa shape index (κ2) is 5.72. The minimum atomic E-state index is -2.80. The molecule has 3 nitrogen and oxygen atoms in total. The SMILES string of the molecule is CC(C)CNCC1(CCCS(C)(=O)=O)CC2CC2C1. The average Bonchev–Trinajstić information content (AvgIpc) is 2.84. The lowest BCUT2D eigenvalue weighted by atomic mass is 9.78. The third kappa shape index (κ3) is 4.75. The van der Waals surface area contributed by atoms with E-state index in [1.165, 1.54) is 25.5 Å². The van der Waals surface area contributed by atoms with Crippen LogP contribution in [0, 0.1) is 23.2 Å². The van der Waals surface area contributed by atoms with Gasteiger partial charge in [0, 0.05) is 18.6 Å². The highest BCUT2D eigenvalue weighted by molar-refractivity contribution is 7.90. The van der Waals surface area contributed by atoms with Gasteiger partial charge in [0.05, 0.1) is 0 Å². The van der Waals surface area contributed by atoms with Gasteiger partial charge in [-0.3, -0.25) is 0 Å². The van der Waals surface area contributed by atoms with Gasteiger partial charge in [-0.15, -0.1) is 0 Å². The molecule has 0 aliphatic heterocycles. The first-order valence-corrected chi connectivity index (χ1v) is 9.74. The first-order valence-electron chi connectivity index (χ1n) is 7.68. The van der Waals surface area contributed by atoms with Crippen molar-refractivity contribution in [1.82, 2.24) is 5.32 Å². The topological polar surface area (TPSA) is 46.2 Å². The van der Waals surface area contributed by atoms with Crippen LogP contribution in [0.15, 0.2) is 0 Å². The van der Waals surface area contributed by atoms with E-state index in [-0.39, 0.29) is 0 Å². The molecule has 0 amide bonds. The Bertz CT molecular complexity index is 392. The minimum Gasteiger partial charge on any atom is -0.316 e. The smallest absolute Gasteiger partial charge is 0.147 e. The Hall–Kier alpha value is -0.0900. The van der Waals surface area contributed by atoms with Crippen LogP contribution in [0.3, 0.4) is 0 Å². The van der Waals surface area contributed by atoms with Crippen LogP contribution < -0.4 is 5.32 Å². The van der Waals surface area contributed by atoms with Gasteiger partial charge in [-0.25, -0.2) is 8.42 Å². The van der Waals surface area contributed by atoms with Crippen LogP contribution in [-0.4, -0.2) is 33.5 Å². The minimum absolute atomic E-state index is 0.355. The van der Waals surface area contributed by atoms with Crippen molar-refractivity contribution in [3.63, 3.8) is 0 Å². The zero-order chi connectivity index (χ0) is 14.1. The predicted molar refractivity (Wildman–Crippen MR) is 79.9 cm³/mol.